The molecule has 2 aliphatic heterocycles. The van der Waals surface area contributed by atoms with Crippen LogP contribution in [0.5, 0.6) is 5.75 Å². The third-order valence-electron chi connectivity index (χ3n) is 6.66. The van der Waals surface area contributed by atoms with Gasteiger partial charge in [-0.3, -0.25) is 9.89 Å². The molecule has 36 heavy (non-hydrogen) atoms. The number of nitrogens with zero attached hydrogens (tertiary/aromatic N) is 4. The molecule has 0 bridgehead atoms. The summed E-state index contributed by atoms with van der Waals surface area (Å²) in [5, 5.41) is 10.8. The van der Waals surface area contributed by atoms with E-state index in [9.17, 15) is 4.79 Å². The summed E-state index contributed by atoms with van der Waals surface area (Å²) in [6.45, 7) is 6.39. The van der Waals surface area contributed by atoms with E-state index in [0.717, 1.165) is 74.0 Å². The van der Waals surface area contributed by atoms with Crippen molar-refractivity contribution in [2.45, 2.75) is 18.8 Å². The van der Waals surface area contributed by atoms with Crippen LogP contribution in [0.1, 0.15) is 29.2 Å². The molecule has 1 atom stereocenters. The highest BCUT2D eigenvalue weighted by Gasteiger charge is 2.29. The van der Waals surface area contributed by atoms with E-state index in [-0.39, 0.29) is 5.91 Å². The first-order valence-corrected chi connectivity index (χ1v) is 12.7. The third-order valence-corrected chi connectivity index (χ3v) is 6.90. The monoisotopic (exact) mass is 506 g/mol. The van der Waals surface area contributed by atoms with E-state index in [4.69, 9.17) is 16.3 Å². The predicted molar refractivity (Wildman–Crippen MR) is 143 cm³/mol. The number of anilines is 1. The standard InChI is InChI=1S/C27H31ClN6O2/c1-33-10-12-34(13-11-33)9-2-14-36-22-6-3-19(4-7-22)15-21-17-26(32-31-21)29-18-24-23-16-20(28)5-8-25(23)30-27(24)35/h3-8,16-18,24H,2,9-15H2,1H3,(H,30,35)(H,31,32). The highest BCUT2D eigenvalue weighted by Crippen LogP contribution is 2.33. The zero-order valence-corrected chi connectivity index (χ0v) is 21.2. The molecular formula is C27H31ClN6O2. The summed E-state index contributed by atoms with van der Waals surface area (Å²) < 4.78 is 5.93. The molecule has 8 nitrogen and oxygen atoms in total. The average Bonchev–Trinajstić information content (AvgIpc) is 3.45. The van der Waals surface area contributed by atoms with Crippen molar-refractivity contribution < 1.29 is 9.53 Å². The van der Waals surface area contributed by atoms with Crippen molar-refractivity contribution in [3.8, 4) is 5.75 Å². The number of hydrogen-bond acceptors (Lipinski definition) is 6. The molecule has 3 heterocycles. The minimum atomic E-state index is -0.479. The van der Waals surface area contributed by atoms with Gasteiger partial charge in [-0.15, -0.1) is 0 Å². The molecule has 2 aliphatic rings. The summed E-state index contributed by atoms with van der Waals surface area (Å²) in [5.74, 6) is 0.831. The van der Waals surface area contributed by atoms with Crippen molar-refractivity contribution in [1.29, 1.82) is 0 Å². The molecule has 1 fully saturated rings. The van der Waals surface area contributed by atoms with Crippen molar-refractivity contribution in [2.24, 2.45) is 4.99 Å². The summed E-state index contributed by atoms with van der Waals surface area (Å²) >= 11 is 6.10. The zero-order valence-electron chi connectivity index (χ0n) is 20.4. The van der Waals surface area contributed by atoms with Crippen LogP contribution in [0, 0.1) is 0 Å². The van der Waals surface area contributed by atoms with Gasteiger partial charge in [0, 0.05) is 67.8 Å². The Kier molecular flexibility index (Phi) is 7.65. The van der Waals surface area contributed by atoms with Crippen LogP contribution in [-0.4, -0.2) is 78.5 Å². The number of aromatic amines is 1. The molecule has 0 spiro atoms. The van der Waals surface area contributed by atoms with Gasteiger partial charge in [-0.05, 0) is 54.9 Å². The second-order valence-electron chi connectivity index (χ2n) is 9.40. The fourth-order valence-corrected chi connectivity index (χ4v) is 4.72. The molecule has 2 N–H and O–H groups in total. The highest BCUT2D eigenvalue weighted by molar-refractivity contribution is 6.31. The quantitative estimate of drug-likeness (QED) is 0.337. The Morgan fingerprint density at radius 3 is 2.75 bits per heavy atom. The number of carbonyl (C=O) groups excluding carboxylic acids is 1. The van der Waals surface area contributed by atoms with Gasteiger partial charge in [0.2, 0.25) is 5.91 Å². The van der Waals surface area contributed by atoms with Crippen molar-refractivity contribution >= 4 is 35.2 Å². The Morgan fingerprint density at radius 2 is 1.94 bits per heavy atom. The molecule has 0 radical (unpaired) electrons. The molecule has 0 aliphatic carbocycles. The fourth-order valence-electron chi connectivity index (χ4n) is 4.53. The van der Waals surface area contributed by atoms with E-state index in [2.05, 4.69) is 49.5 Å². The molecule has 3 aromatic rings. The van der Waals surface area contributed by atoms with Gasteiger partial charge in [0.15, 0.2) is 5.82 Å². The number of rotatable bonds is 9. The Balaban J connectivity index is 1.09. The summed E-state index contributed by atoms with van der Waals surface area (Å²) in [5.41, 5.74) is 3.69. The number of halogens is 1. The highest BCUT2D eigenvalue weighted by atomic mass is 35.5. The molecule has 9 heteroatoms. The van der Waals surface area contributed by atoms with Gasteiger partial charge in [0.1, 0.15) is 11.7 Å². The number of hydrogen-bond donors (Lipinski definition) is 2. The lowest BCUT2D eigenvalue weighted by Gasteiger charge is -2.32. The predicted octanol–water partition coefficient (Wildman–Crippen LogP) is 4.11. The Labute approximate surface area is 216 Å². The zero-order chi connectivity index (χ0) is 24.9. The number of H-pyrrole nitrogens is 1. The van der Waals surface area contributed by atoms with Crippen LogP contribution in [0.4, 0.5) is 11.5 Å². The van der Waals surface area contributed by atoms with Gasteiger partial charge in [-0.25, -0.2) is 4.99 Å². The van der Waals surface area contributed by atoms with E-state index in [0.29, 0.717) is 17.3 Å². The lowest BCUT2D eigenvalue weighted by molar-refractivity contribution is -0.115. The largest absolute Gasteiger partial charge is 0.494 e. The van der Waals surface area contributed by atoms with Gasteiger partial charge >= 0.3 is 0 Å². The third kappa shape index (κ3) is 6.13. The first-order valence-electron chi connectivity index (χ1n) is 12.3. The molecule has 1 unspecified atom stereocenters. The first kappa shape index (κ1) is 24.5. The van der Waals surface area contributed by atoms with Gasteiger partial charge in [0.25, 0.3) is 0 Å². The Hall–Kier alpha value is -3.20. The van der Waals surface area contributed by atoms with Crippen LogP contribution in [0.2, 0.25) is 5.02 Å². The van der Waals surface area contributed by atoms with Crippen molar-refractivity contribution in [3.63, 3.8) is 0 Å². The smallest absolute Gasteiger partial charge is 0.237 e. The van der Waals surface area contributed by atoms with E-state index in [1.54, 1.807) is 24.4 Å². The fraction of sp³-hybridized carbons (Fsp3) is 0.370. The number of ether oxygens (including phenoxy) is 1. The molecular weight excluding hydrogens is 476 g/mol. The lowest BCUT2D eigenvalue weighted by Crippen LogP contribution is -2.44. The van der Waals surface area contributed by atoms with E-state index < -0.39 is 5.92 Å². The molecule has 2 aromatic carbocycles. The number of aromatic nitrogens is 2. The molecule has 188 valence electrons. The molecule has 5 rings (SSSR count). The van der Waals surface area contributed by atoms with Gasteiger partial charge < -0.3 is 19.9 Å². The molecule has 1 amide bonds. The normalized spacial score (nSPS) is 18.5. The molecule has 1 saturated heterocycles. The van der Waals surface area contributed by atoms with Crippen molar-refractivity contribution in [2.75, 3.05) is 51.7 Å². The number of benzene rings is 2. The average molecular weight is 507 g/mol. The molecule has 1 aromatic heterocycles. The van der Waals surface area contributed by atoms with Gasteiger partial charge in [-0.1, -0.05) is 23.7 Å². The van der Waals surface area contributed by atoms with Crippen LogP contribution < -0.4 is 10.1 Å². The summed E-state index contributed by atoms with van der Waals surface area (Å²) in [7, 11) is 2.18. The van der Waals surface area contributed by atoms with Crippen molar-refractivity contribution in [3.05, 3.63) is 70.4 Å². The maximum atomic E-state index is 12.3. The van der Waals surface area contributed by atoms with E-state index >= 15 is 0 Å². The maximum absolute atomic E-state index is 12.3. The SMILES string of the molecule is CN1CCN(CCCOc2ccc(Cc3cc(N=CC4C(=O)Nc5ccc(Cl)cc54)n[nH]3)cc2)CC1. The molecule has 0 saturated carbocycles. The Bertz CT molecular complexity index is 1220. The summed E-state index contributed by atoms with van der Waals surface area (Å²) in [6.07, 6.45) is 3.35. The lowest BCUT2D eigenvalue weighted by atomic mass is 10.0. The van der Waals surface area contributed by atoms with Gasteiger partial charge in [0.05, 0.1) is 6.61 Å². The first-order chi connectivity index (χ1) is 17.5. The van der Waals surface area contributed by atoms with Crippen LogP contribution in [0.15, 0.2) is 53.5 Å². The minimum absolute atomic E-state index is 0.117. The van der Waals surface area contributed by atoms with Crippen LogP contribution >= 0.6 is 11.6 Å². The van der Waals surface area contributed by atoms with E-state index in [1.165, 1.54) is 0 Å². The number of piperazine rings is 1. The second kappa shape index (κ2) is 11.2. The number of likely N-dealkylation sites (N-methyl/N-ethyl adjacent to an activating group) is 1. The van der Waals surface area contributed by atoms with Crippen LogP contribution in [-0.2, 0) is 11.2 Å². The van der Waals surface area contributed by atoms with Crippen LogP contribution in [0.3, 0.4) is 0 Å². The number of nitrogens with one attached hydrogen (secondary N) is 2. The van der Waals surface area contributed by atoms with E-state index in [1.807, 2.05) is 18.2 Å². The second-order valence-corrected chi connectivity index (χ2v) is 9.83. The summed E-state index contributed by atoms with van der Waals surface area (Å²) in [6, 6.07) is 15.4. The topological polar surface area (TPSA) is 85.8 Å². The minimum Gasteiger partial charge on any atom is -0.494 e. The van der Waals surface area contributed by atoms with Crippen LogP contribution in [0.25, 0.3) is 0 Å². The summed E-state index contributed by atoms with van der Waals surface area (Å²) in [4.78, 5) is 21.6. The maximum Gasteiger partial charge on any atom is 0.237 e. The van der Waals surface area contributed by atoms with Crippen molar-refractivity contribution in [1.82, 2.24) is 20.0 Å². The van der Waals surface area contributed by atoms with Gasteiger partial charge in [-0.2, -0.15) is 5.10 Å². The number of carbonyl (C=O) groups is 1. The number of aliphatic imine (C=N–C) groups is 1. The number of amides is 1. The number of fused-ring (bicyclic) bond motifs is 1. The Morgan fingerprint density at radius 1 is 1.14 bits per heavy atom.